The Morgan fingerprint density at radius 3 is 2.41 bits per heavy atom. The molecule has 0 aromatic carbocycles. The van der Waals surface area contributed by atoms with Crippen LogP contribution in [-0.2, 0) is 0 Å². The molecule has 5 heteroatoms. The topological polar surface area (TPSA) is 70.8 Å². The molecule has 0 saturated carbocycles. The van der Waals surface area contributed by atoms with Crippen LogP contribution < -0.4 is 0 Å². The van der Waals surface area contributed by atoms with Gasteiger partial charge in [0.25, 0.3) is 5.91 Å². The first-order chi connectivity index (χ1) is 8.01. The van der Waals surface area contributed by atoms with Crippen LogP contribution in [0.4, 0.5) is 0 Å². The van der Waals surface area contributed by atoms with Crippen molar-refractivity contribution in [1.29, 1.82) is 0 Å². The van der Waals surface area contributed by atoms with E-state index >= 15 is 0 Å². The Balaban J connectivity index is 2.84. The summed E-state index contributed by atoms with van der Waals surface area (Å²) in [7, 11) is 1.70. The van der Waals surface area contributed by atoms with E-state index in [0.717, 1.165) is 19.1 Å². The average Bonchev–Trinajstić information content (AvgIpc) is 2.78. The first-order valence-corrected chi connectivity index (χ1v) is 5.60. The lowest BCUT2D eigenvalue weighted by Crippen LogP contribution is -2.36. The fourth-order valence-corrected chi connectivity index (χ4v) is 1.74. The molecule has 1 rings (SSSR count). The number of furan rings is 1. The van der Waals surface area contributed by atoms with E-state index in [-0.39, 0.29) is 23.3 Å². The number of hydrogen-bond donors (Lipinski definition) is 1. The van der Waals surface area contributed by atoms with E-state index in [4.69, 9.17) is 9.52 Å². The van der Waals surface area contributed by atoms with Gasteiger partial charge in [-0.3, -0.25) is 4.79 Å². The van der Waals surface area contributed by atoms with Crippen LogP contribution in [0, 0.1) is 0 Å². The van der Waals surface area contributed by atoms with Gasteiger partial charge in [0.15, 0.2) is 5.76 Å². The summed E-state index contributed by atoms with van der Waals surface area (Å²) in [6.07, 6.45) is 2.78. The zero-order valence-corrected chi connectivity index (χ0v) is 10.3. The highest BCUT2D eigenvalue weighted by Gasteiger charge is 2.22. The van der Waals surface area contributed by atoms with E-state index in [1.54, 1.807) is 11.9 Å². The predicted molar refractivity (Wildman–Crippen MR) is 62.1 cm³/mol. The van der Waals surface area contributed by atoms with Gasteiger partial charge in [-0.25, -0.2) is 4.79 Å². The third-order valence-electron chi connectivity index (χ3n) is 2.87. The summed E-state index contributed by atoms with van der Waals surface area (Å²) in [6.45, 7) is 4.01. The summed E-state index contributed by atoms with van der Waals surface area (Å²) in [6, 6.07) is 1.39. The molecule has 0 bridgehead atoms. The lowest BCUT2D eigenvalue weighted by molar-refractivity contribution is 0.0685. The molecule has 1 N–H and O–H groups in total. The van der Waals surface area contributed by atoms with Crippen LogP contribution in [0.3, 0.4) is 0 Å². The van der Waals surface area contributed by atoms with Crippen molar-refractivity contribution in [1.82, 2.24) is 4.90 Å². The molecule has 5 nitrogen and oxygen atoms in total. The third-order valence-corrected chi connectivity index (χ3v) is 2.87. The molecule has 1 aromatic rings. The second-order valence-corrected chi connectivity index (χ2v) is 3.89. The minimum atomic E-state index is -1.10. The molecule has 1 aromatic heterocycles. The van der Waals surface area contributed by atoms with E-state index < -0.39 is 5.97 Å². The molecule has 0 radical (unpaired) electrons. The summed E-state index contributed by atoms with van der Waals surface area (Å²) in [5.74, 6) is -1.32. The molecule has 17 heavy (non-hydrogen) atoms. The van der Waals surface area contributed by atoms with Crippen LogP contribution in [-0.4, -0.2) is 35.0 Å². The summed E-state index contributed by atoms with van der Waals surface area (Å²) in [5, 5.41) is 8.74. The molecule has 0 spiro atoms. The largest absolute Gasteiger partial charge is 0.478 e. The van der Waals surface area contributed by atoms with Gasteiger partial charge in [0.2, 0.25) is 0 Å². The summed E-state index contributed by atoms with van der Waals surface area (Å²) in [4.78, 5) is 24.2. The normalized spacial score (nSPS) is 10.6. The van der Waals surface area contributed by atoms with Crippen LogP contribution in [0.2, 0.25) is 0 Å². The van der Waals surface area contributed by atoms with Crippen molar-refractivity contribution in [3.05, 3.63) is 23.7 Å². The zero-order valence-electron chi connectivity index (χ0n) is 10.3. The van der Waals surface area contributed by atoms with Crippen LogP contribution in [0.1, 0.15) is 47.6 Å². The van der Waals surface area contributed by atoms with Gasteiger partial charge >= 0.3 is 5.97 Å². The second kappa shape index (κ2) is 5.52. The molecule has 0 aliphatic carbocycles. The van der Waals surface area contributed by atoms with Gasteiger partial charge in [0, 0.05) is 19.2 Å². The van der Waals surface area contributed by atoms with Crippen molar-refractivity contribution < 1.29 is 19.1 Å². The highest BCUT2D eigenvalue weighted by atomic mass is 16.4. The Morgan fingerprint density at radius 2 is 2.00 bits per heavy atom. The minimum Gasteiger partial charge on any atom is -0.478 e. The molecule has 0 atom stereocenters. The van der Waals surface area contributed by atoms with Gasteiger partial charge in [0.05, 0.1) is 5.56 Å². The average molecular weight is 239 g/mol. The van der Waals surface area contributed by atoms with Crippen LogP contribution in [0.15, 0.2) is 16.7 Å². The Bertz CT molecular complexity index is 406. The van der Waals surface area contributed by atoms with Crippen LogP contribution in [0.25, 0.3) is 0 Å². The highest BCUT2D eigenvalue weighted by molar-refractivity contribution is 5.95. The lowest BCUT2D eigenvalue weighted by atomic mass is 10.1. The molecular weight excluding hydrogens is 222 g/mol. The maximum Gasteiger partial charge on any atom is 0.338 e. The Hall–Kier alpha value is -1.78. The van der Waals surface area contributed by atoms with Gasteiger partial charge in [-0.1, -0.05) is 13.8 Å². The quantitative estimate of drug-likeness (QED) is 0.855. The van der Waals surface area contributed by atoms with Crippen molar-refractivity contribution in [2.45, 2.75) is 32.7 Å². The van der Waals surface area contributed by atoms with E-state index in [9.17, 15) is 9.59 Å². The van der Waals surface area contributed by atoms with E-state index in [2.05, 4.69) is 0 Å². The number of carbonyl (C=O) groups is 2. The van der Waals surface area contributed by atoms with Crippen LogP contribution >= 0.6 is 0 Å². The van der Waals surface area contributed by atoms with E-state index in [1.807, 2.05) is 13.8 Å². The predicted octanol–water partition coefficient (Wildman–Crippen LogP) is 2.24. The van der Waals surface area contributed by atoms with Gasteiger partial charge in [0.1, 0.15) is 6.26 Å². The van der Waals surface area contributed by atoms with E-state index in [1.165, 1.54) is 6.07 Å². The molecule has 0 saturated heterocycles. The van der Waals surface area contributed by atoms with E-state index in [0.29, 0.717) is 0 Å². The minimum absolute atomic E-state index is 0.00806. The fraction of sp³-hybridized carbons (Fsp3) is 0.500. The molecule has 1 amide bonds. The first kappa shape index (κ1) is 13.3. The van der Waals surface area contributed by atoms with Gasteiger partial charge in [-0.05, 0) is 12.8 Å². The monoisotopic (exact) mass is 239 g/mol. The highest BCUT2D eigenvalue weighted by Crippen LogP contribution is 2.14. The zero-order chi connectivity index (χ0) is 13.0. The molecular formula is C12H17NO4. The number of carboxylic acid groups (broad SMARTS) is 1. The number of carboxylic acids is 1. The molecule has 1 heterocycles. The number of aromatic carboxylic acids is 1. The second-order valence-electron chi connectivity index (χ2n) is 3.89. The summed E-state index contributed by atoms with van der Waals surface area (Å²) < 4.78 is 4.98. The van der Waals surface area contributed by atoms with Crippen LogP contribution in [0.5, 0.6) is 0 Å². The maximum atomic E-state index is 12.0. The van der Waals surface area contributed by atoms with Crippen molar-refractivity contribution in [2.75, 3.05) is 7.05 Å². The van der Waals surface area contributed by atoms with Crippen molar-refractivity contribution in [3.8, 4) is 0 Å². The number of nitrogens with zero attached hydrogens (tertiary/aromatic N) is 1. The fourth-order valence-electron chi connectivity index (χ4n) is 1.74. The third kappa shape index (κ3) is 2.87. The maximum absolute atomic E-state index is 12.0. The number of rotatable bonds is 5. The number of hydrogen-bond acceptors (Lipinski definition) is 3. The Labute approximate surface area is 100 Å². The molecule has 0 aliphatic heterocycles. The Kier molecular flexibility index (Phi) is 4.31. The summed E-state index contributed by atoms with van der Waals surface area (Å²) in [5.41, 5.74) is -0.00806. The number of amides is 1. The van der Waals surface area contributed by atoms with Crippen molar-refractivity contribution in [3.63, 3.8) is 0 Å². The SMILES string of the molecule is CCC(CC)N(C)C(=O)c1cc(C(=O)O)co1. The lowest BCUT2D eigenvalue weighted by Gasteiger charge is -2.25. The molecule has 0 fully saturated rings. The van der Waals surface area contributed by atoms with Crippen molar-refractivity contribution in [2.24, 2.45) is 0 Å². The first-order valence-electron chi connectivity index (χ1n) is 5.60. The molecule has 0 aliphatic rings. The molecule has 94 valence electrons. The van der Waals surface area contributed by atoms with Gasteiger partial charge in [-0.15, -0.1) is 0 Å². The van der Waals surface area contributed by atoms with Crippen molar-refractivity contribution >= 4 is 11.9 Å². The Morgan fingerprint density at radius 1 is 1.41 bits per heavy atom. The number of carbonyl (C=O) groups excluding carboxylic acids is 1. The molecule has 0 unspecified atom stereocenters. The van der Waals surface area contributed by atoms with Gasteiger partial charge < -0.3 is 14.4 Å². The van der Waals surface area contributed by atoms with Gasteiger partial charge in [-0.2, -0.15) is 0 Å². The standard InChI is InChI=1S/C12H17NO4/c1-4-9(5-2)13(3)11(14)10-6-8(7-17-10)12(15)16/h6-7,9H,4-5H2,1-3H3,(H,15,16). The smallest absolute Gasteiger partial charge is 0.338 e. The summed E-state index contributed by atoms with van der Waals surface area (Å²) >= 11 is 0.